The molecule has 0 bridgehead atoms. The van der Waals surface area contributed by atoms with Crippen LogP contribution >= 0.6 is 0 Å². The van der Waals surface area contributed by atoms with E-state index < -0.39 is 11.8 Å². The molecule has 1 aliphatic rings. The van der Waals surface area contributed by atoms with Gasteiger partial charge in [0.1, 0.15) is 0 Å². The Labute approximate surface area is 106 Å². The van der Waals surface area contributed by atoms with Gasteiger partial charge in [-0.15, -0.1) is 5.06 Å². The lowest BCUT2D eigenvalue weighted by Crippen LogP contribution is -2.30. The molecule has 1 heterocycles. The first kappa shape index (κ1) is 12.5. The highest BCUT2D eigenvalue weighted by atomic mass is 16.7. The van der Waals surface area contributed by atoms with Crippen molar-refractivity contribution in [2.45, 2.75) is 19.8 Å². The Kier molecular flexibility index (Phi) is 3.58. The standard InChI is InChI=1S/C14H15NO3/c1-3-6-10(2)9-18-15-13(16)11-7-4-5-8-12(11)14(15)17/h4-5,7-8H,2-3,6,9H2,1H3. The number of rotatable bonds is 5. The minimum Gasteiger partial charge on any atom is -0.266 e. The number of imide groups is 1. The zero-order valence-corrected chi connectivity index (χ0v) is 10.3. The summed E-state index contributed by atoms with van der Waals surface area (Å²) in [6, 6.07) is 6.70. The molecule has 4 nitrogen and oxygen atoms in total. The summed E-state index contributed by atoms with van der Waals surface area (Å²) in [5, 5.41) is 0.825. The molecule has 18 heavy (non-hydrogen) atoms. The third kappa shape index (κ3) is 2.19. The van der Waals surface area contributed by atoms with Crippen molar-refractivity contribution in [3.05, 3.63) is 47.5 Å². The minimum atomic E-state index is -0.403. The van der Waals surface area contributed by atoms with Gasteiger partial charge in [-0.3, -0.25) is 14.4 Å². The van der Waals surface area contributed by atoms with Crippen molar-refractivity contribution in [2.24, 2.45) is 0 Å². The number of carbonyl (C=O) groups excluding carboxylic acids is 2. The van der Waals surface area contributed by atoms with Crippen LogP contribution in [0.3, 0.4) is 0 Å². The van der Waals surface area contributed by atoms with E-state index in [0.717, 1.165) is 23.5 Å². The van der Waals surface area contributed by atoms with Crippen molar-refractivity contribution in [1.82, 2.24) is 5.06 Å². The van der Waals surface area contributed by atoms with Gasteiger partial charge in [0.15, 0.2) is 0 Å². The van der Waals surface area contributed by atoms with Gasteiger partial charge in [0.2, 0.25) is 0 Å². The van der Waals surface area contributed by atoms with Gasteiger partial charge in [-0.05, 0) is 24.1 Å². The van der Waals surface area contributed by atoms with Gasteiger partial charge in [0.05, 0.1) is 17.7 Å². The highest BCUT2D eigenvalue weighted by Gasteiger charge is 2.36. The Bertz CT molecular complexity index is 473. The van der Waals surface area contributed by atoms with E-state index in [1.165, 1.54) is 0 Å². The van der Waals surface area contributed by atoms with E-state index in [1.54, 1.807) is 24.3 Å². The fourth-order valence-corrected chi connectivity index (χ4v) is 1.87. The fourth-order valence-electron chi connectivity index (χ4n) is 1.87. The van der Waals surface area contributed by atoms with Crippen LogP contribution in [0.2, 0.25) is 0 Å². The van der Waals surface area contributed by atoms with Crippen LogP contribution in [0.5, 0.6) is 0 Å². The third-order valence-corrected chi connectivity index (χ3v) is 2.76. The quantitative estimate of drug-likeness (QED) is 0.591. The van der Waals surface area contributed by atoms with Crippen LogP contribution in [0.15, 0.2) is 36.4 Å². The summed E-state index contributed by atoms with van der Waals surface area (Å²) in [4.78, 5) is 29.1. The van der Waals surface area contributed by atoms with Crippen LogP contribution in [0.4, 0.5) is 0 Å². The molecule has 0 unspecified atom stereocenters. The second kappa shape index (κ2) is 5.14. The number of hydrogen-bond acceptors (Lipinski definition) is 3. The molecule has 1 aromatic rings. The van der Waals surface area contributed by atoms with E-state index in [0.29, 0.717) is 11.1 Å². The first-order chi connectivity index (χ1) is 8.65. The second-order valence-corrected chi connectivity index (χ2v) is 4.22. The molecule has 0 spiro atoms. The van der Waals surface area contributed by atoms with E-state index in [2.05, 4.69) is 6.58 Å². The van der Waals surface area contributed by atoms with Crippen LogP contribution in [0.1, 0.15) is 40.5 Å². The predicted octanol–water partition coefficient (Wildman–Crippen LogP) is 2.57. The van der Waals surface area contributed by atoms with Crippen LogP contribution in [-0.4, -0.2) is 23.5 Å². The average Bonchev–Trinajstić information content (AvgIpc) is 2.61. The number of amides is 2. The molecule has 1 aromatic carbocycles. The average molecular weight is 245 g/mol. The molecule has 2 amide bonds. The molecule has 94 valence electrons. The van der Waals surface area contributed by atoms with Gasteiger partial charge in [0.25, 0.3) is 11.8 Å². The number of hydroxylamine groups is 2. The van der Waals surface area contributed by atoms with Crippen molar-refractivity contribution >= 4 is 11.8 Å². The maximum Gasteiger partial charge on any atom is 0.285 e. The van der Waals surface area contributed by atoms with Gasteiger partial charge < -0.3 is 0 Å². The van der Waals surface area contributed by atoms with Gasteiger partial charge in [-0.2, -0.15) is 0 Å². The van der Waals surface area contributed by atoms with Crippen molar-refractivity contribution < 1.29 is 14.4 Å². The molecule has 4 heteroatoms. The van der Waals surface area contributed by atoms with E-state index in [9.17, 15) is 9.59 Å². The van der Waals surface area contributed by atoms with E-state index in [4.69, 9.17) is 4.84 Å². The summed E-state index contributed by atoms with van der Waals surface area (Å²) >= 11 is 0. The number of nitrogens with zero attached hydrogens (tertiary/aromatic N) is 1. The highest BCUT2D eigenvalue weighted by Crippen LogP contribution is 2.22. The zero-order chi connectivity index (χ0) is 13.1. The molecule has 0 aliphatic carbocycles. The SMILES string of the molecule is C=C(CCC)CON1C(=O)c2ccccc2C1=O. The summed E-state index contributed by atoms with van der Waals surface area (Å²) in [5.74, 6) is -0.806. The lowest BCUT2D eigenvalue weighted by molar-refractivity contribution is -0.0829. The first-order valence-corrected chi connectivity index (χ1v) is 5.92. The van der Waals surface area contributed by atoms with Gasteiger partial charge in [-0.25, -0.2) is 0 Å². The molecule has 1 aliphatic heterocycles. The van der Waals surface area contributed by atoms with Crippen LogP contribution in [-0.2, 0) is 4.84 Å². The lowest BCUT2D eigenvalue weighted by Gasteiger charge is -2.14. The Hall–Kier alpha value is -1.94. The van der Waals surface area contributed by atoms with E-state index in [-0.39, 0.29) is 6.61 Å². The normalized spacial score (nSPS) is 13.9. The molecule has 2 rings (SSSR count). The van der Waals surface area contributed by atoms with Gasteiger partial charge in [0, 0.05) is 0 Å². The maximum atomic E-state index is 11.9. The number of fused-ring (bicyclic) bond motifs is 1. The molecule has 0 radical (unpaired) electrons. The number of hydrogen-bond donors (Lipinski definition) is 0. The van der Waals surface area contributed by atoms with Crippen LogP contribution in [0.25, 0.3) is 0 Å². The largest absolute Gasteiger partial charge is 0.285 e. The lowest BCUT2D eigenvalue weighted by atomic mass is 10.1. The minimum absolute atomic E-state index is 0.194. The Morgan fingerprint density at radius 3 is 2.28 bits per heavy atom. The number of carbonyl (C=O) groups is 2. The van der Waals surface area contributed by atoms with Crippen molar-refractivity contribution in [1.29, 1.82) is 0 Å². The zero-order valence-electron chi connectivity index (χ0n) is 10.3. The second-order valence-electron chi connectivity index (χ2n) is 4.22. The van der Waals surface area contributed by atoms with Crippen LogP contribution < -0.4 is 0 Å². The van der Waals surface area contributed by atoms with Gasteiger partial charge >= 0.3 is 0 Å². The molecular formula is C14H15NO3. The molecular weight excluding hydrogens is 230 g/mol. The Morgan fingerprint density at radius 1 is 1.22 bits per heavy atom. The van der Waals surface area contributed by atoms with E-state index >= 15 is 0 Å². The van der Waals surface area contributed by atoms with Crippen LogP contribution in [0, 0.1) is 0 Å². The number of benzene rings is 1. The predicted molar refractivity (Wildman–Crippen MR) is 66.9 cm³/mol. The van der Waals surface area contributed by atoms with E-state index in [1.807, 2.05) is 6.92 Å². The molecule has 0 aromatic heterocycles. The molecule has 0 saturated carbocycles. The highest BCUT2D eigenvalue weighted by molar-refractivity contribution is 6.20. The van der Waals surface area contributed by atoms with Crippen molar-refractivity contribution in [3.8, 4) is 0 Å². The summed E-state index contributed by atoms with van der Waals surface area (Å²) in [6.07, 6.45) is 1.79. The van der Waals surface area contributed by atoms with Crippen molar-refractivity contribution in [2.75, 3.05) is 6.61 Å². The summed E-state index contributed by atoms with van der Waals surface area (Å²) < 4.78 is 0. The molecule has 0 saturated heterocycles. The monoisotopic (exact) mass is 245 g/mol. The molecule has 0 N–H and O–H groups in total. The summed E-state index contributed by atoms with van der Waals surface area (Å²) in [5.41, 5.74) is 1.65. The summed E-state index contributed by atoms with van der Waals surface area (Å²) in [7, 11) is 0. The Balaban J connectivity index is 2.07. The van der Waals surface area contributed by atoms with Crippen molar-refractivity contribution in [3.63, 3.8) is 0 Å². The van der Waals surface area contributed by atoms with Gasteiger partial charge in [-0.1, -0.05) is 32.1 Å². The Morgan fingerprint density at radius 2 is 1.78 bits per heavy atom. The maximum absolute atomic E-state index is 11.9. The third-order valence-electron chi connectivity index (χ3n) is 2.76. The topological polar surface area (TPSA) is 46.6 Å². The smallest absolute Gasteiger partial charge is 0.266 e. The first-order valence-electron chi connectivity index (χ1n) is 5.92. The molecule has 0 fully saturated rings. The fraction of sp³-hybridized carbons (Fsp3) is 0.286. The summed E-state index contributed by atoms with van der Waals surface area (Å²) in [6.45, 7) is 6.06. The molecule has 0 atom stereocenters.